The second-order valence-corrected chi connectivity index (χ2v) is 9.89. The summed E-state index contributed by atoms with van der Waals surface area (Å²) in [5, 5.41) is 3.15. The van der Waals surface area contributed by atoms with Crippen LogP contribution in [0.15, 0.2) is 60.7 Å². The Labute approximate surface area is 209 Å². The number of likely N-dealkylation sites (tertiary alicyclic amines) is 1. The number of carbonyl (C=O) groups is 3. The number of nitrogens with zero attached hydrogens (tertiary/aromatic N) is 2. The third-order valence-corrected chi connectivity index (χ3v) is 7.00. The maximum absolute atomic E-state index is 13.0. The van der Waals surface area contributed by atoms with Gasteiger partial charge < -0.3 is 19.9 Å². The van der Waals surface area contributed by atoms with Crippen molar-refractivity contribution in [3.05, 3.63) is 71.8 Å². The van der Waals surface area contributed by atoms with Gasteiger partial charge in [-0.05, 0) is 61.3 Å². The Balaban J connectivity index is 0.000000237. The van der Waals surface area contributed by atoms with Crippen molar-refractivity contribution in [3.63, 3.8) is 0 Å². The van der Waals surface area contributed by atoms with Crippen molar-refractivity contribution in [2.45, 2.75) is 64.1 Å². The highest BCUT2D eigenvalue weighted by atomic mass is 16.2. The van der Waals surface area contributed by atoms with E-state index in [2.05, 4.69) is 42.7 Å². The SMILES string of the molecule is C=CC1=C(C=C)C(=O)N(C(C(=O)N2CCCC2C=O)C(C)C)C1.CNCc1ccc(C2CC2)cc1. The number of hydrogen-bond acceptors (Lipinski definition) is 4. The fraction of sp³-hybridized carbons (Fsp3) is 0.483. The van der Waals surface area contributed by atoms with Crippen molar-refractivity contribution in [3.8, 4) is 0 Å². The van der Waals surface area contributed by atoms with Crippen LogP contribution >= 0.6 is 0 Å². The van der Waals surface area contributed by atoms with E-state index in [1.807, 2.05) is 20.9 Å². The van der Waals surface area contributed by atoms with Gasteiger partial charge in [0.05, 0.1) is 6.04 Å². The first kappa shape index (κ1) is 26.6. The average molecular weight is 478 g/mol. The average Bonchev–Trinajstić information content (AvgIpc) is 3.50. The molecule has 3 aliphatic rings. The fourth-order valence-corrected chi connectivity index (χ4v) is 4.93. The number of rotatable bonds is 9. The van der Waals surface area contributed by atoms with Crippen LogP contribution in [0, 0.1) is 5.92 Å². The number of benzene rings is 1. The number of carbonyl (C=O) groups excluding carboxylic acids is 3. The Morgan fingerprint density at radius 3 is 2.31 bits per heavy atom. The molecular weight excluding hydrogens is 438 g/mol. The lowest BCUT2D eigenvalue weighted by Gasteiger charge is -2.34. The van der Waals surface area contributed by atoms with Crippen molar-refractivity contribution in [2.24, 2.45) is 5.92 Å². The van der Waals surface area contributed by atoms with E-state index in [0.717, 1.165) is 30.7 Å². The van der Waals surface area contributed by atoms with E-state index in [9.17, 15) is 14.4 Å². The van der Waals surface area contributed by atoms with Crippen molar-refractivity contribution in [1.29, 1.82) is 0 Å². The minimum absolute atomic E-state index is 0.0467. The van der Waals surface area contributed by atoms with Gasteiger partial charge >= 0.3 is 0 Å². The zero-order valence-electron chi connectivity index (χ0n) is 21.3. The minimum Gasteiger partial charge on any atom is -0.331 e. The highest BCUT2D eigenvalue weighted by Gasteiger charge is 2.42. The molecule has 1 aromatic carbocycles. The van der Waals surface area contributed by atoms with E-state index in [1.165, 1.54) is 30.0 Å². The van der Waals surface area contributed by atoms with E-state index in [1.54, 1.807) is 15.9 Å². The van der Waals surface area contributed by atoms with E-state index in [4.69, 9.17) is 0 Å². The first-order chi connectivity index (χ1) is 16.9. The third kappa shape index (κ3) is 6.17. The molecule has 2 fully saturated rings. The van der Waals surface area contributed by atoms with Gasteiger partial charge in [0.25, 0.3) is 5.91 Å². The number of hydrogen-bond donors (Lipinski definition) is 1. The molecule has 1 N–H and O–H groups in total. The molecule has 0 aromatic heterocycles. The van der Waals surface area contributed by atoms with Crippen LogP contribution in [0.3, 0.4) is 0 Å². The molecule has 2 unspecified atom stereocenters. The maximum Gasteiger partial charge on any atom is 0.255 e. The van der Waals surface area contributed by atoms with Crippen molar-refractivity contribution in [1.82, 2.24) is 15.1 Å². The van der Waals surface area contributed by atoms with E-state index >= 15 is 0 Å². The Morgan fingerprint density at radius 2 is 1.83 bits per heavy atom. The summed E-state index contributed by atoms with van der Waals surface area (Å²) in [6.07, 6.45) is 8.30. The van der Waals surface area contributed by atoms with Crippen LogP contribution in [0.25, 0.3) is 0 Å². The summed E-state index contributed by atoms with van der Waals surface area (Å²) < 4.78 is 0. The van der Waals surface area contributed by atoms with Crippen LogP contribution in [0.2, 0.25) is 0 Å². The predicted molar refractivity (Wildman–Crippen MR) is 140 cm³/mol. The fourth-order valence-electron chi connectivity index (χ4n) is 4.93. The zero-order valence-corrected chi connectivity index (χ0v) is 21.3. The summed E-state index contributed by atoms with van der Waals surface area (Å²) in [4.78, 5) is 40.0. The summed E-state index contributed by atoms with van der Waals surface area (Å²) in [6.45, 7) is 13.2. The summed E-state index contributed by atoms with van der Waals surface area (Å²) in [6, 6.07) is 8.05. The monoisotopic (exact) mass is 477 g/mol. The van der Waals surface area contributed by atoms with Crippen LogP contribution in [-0.2, 0) is 20.9 Å². The van der Waals surface area contributed by atoms with Gasteiger partial charge in [0.15, 0.2) is 0 Å². The number of aldehydes is 1. The van der Waals surface area contributed by atoms with Crippen LogP contribution in [0.4, 0.5) is 0 Å². The Morgan fingerprint density at radius 1 is 1.14 bits per heavy atom. The lowest BCUT2D eigenvalue weighted by Crippen LogP contribution is -2.53. The van der Waals surface area contributed by atoms with Gasteiger partial charge in [-0.15, -0.1) is 0 Å². The predicted octanol–water partition coefficient (Wildman–Crippen LogP) is 4.00. The molecule has 188 valence electrons. The molecule has 1 saturated heterocycles. The number of amides is 2. The van der Waals surface area contributed by atoms with Gasteiger partial charge in [-0.3, -0.25) is 9.59 Å². The van der Waals surface area contributed by atoms with Crippen LogP contribution < -0.4 is 5.32 Å². The van der Waals surface area contributed by atoms with Crippen molar-refractivity contribution >= 4 is 18.1 Å². The smallest absolute Gasteiger partial charge is 0.255 e. The molecule has 2 heterocycles. The molecule has 6 nitrogen and oxygen atoms in total. The molecule has 0 radical (unpaired) electrons. The molecule has 35 heavy (non-hydrogen) atoms. The highest BCUT2D eigenvalue weighted by Crippen LogP contribution is 2.39. The quantitative estimate of drug-likeness (QED) is 0.546. The third-order valence-electron chi connectivity index (χ3n) is 7.00. The highest BCUT2D eigenvalue weighted by molar-refractivity contribution is 6.03. The second-order valence-electron chi connectivity index (χ2n) is 9.89. The van der Waals surface area contributed by atoms with Crippen LogP contribution in [-0.4, -0.2) is 60.1 Å². The van der Waals surface area contributed by atoms with E-state index in [-0.39, 0.29) is 23.8 Å². The van der Waals surface area contributed by atoms with Gasteiger partial charge in [-0.1, -0.05) is 63.4 Å². The van der Waals surface area contributed by atoms with Crippen molar-refractivity contribution < 1.29 is 14.4 Å². The van der Waals surface area contributed by atoms with Crippen LogP contribution in [0.1, 0.15) is 56.6 Å². The van der Waals surface area contributed by atoms with Gasteiger partial charge in [-0.2, -0.15) is 0 Å². The molecule has 2 aliphatic heterocycles. The minimum atomic E-state index is -0.574. The molecular formula is C29H39N3O3. The van der Waals surface area contributed by atoms with Gasteiger partial charge in [0.2, 0.25) is 5.91 Å². The first-order valence-electron chi connectivity index (χ1n) is 12.6. The lowest BCUT2D eigenvalue weighted by atomic mass is 10.0. The molecule has 1 aliphatic carbocycles. The van der Waals surface area contributed by atoms with Crippen LogP contribution in [0.5, 0.6) is 0 Å². The Bertz CT molecular complexity index is 975. The standard InChI is InChI=1S/C18H24N2O3.C11H15N/c1-5-13-10-20(17(22)15(13)6-2)16(12(3)4)18(23)19-9-7-8-14(19)11-21;1-12-8-9-2-4-10(5-3-9)11-6-7-11/h5-6,11-12,14,16H,1-2,7-10H2,3-4H3;2-5,11-12H,6-8H2,1H3. The van der Waals surface area contributed by atoms with E-state index < -0.39 is 6.04 Å². The topological polar surface area (TPSA) is 69.7 Å². The molecule has 2 atom stereocenters. The van der Waals surface area contributed by atoms with Gasteiger partial charge in [0.1, 0.15) is 12.3 Å². The first-order valence-corrected chi connectivity index (χ1v) is 12.6. The molecule has 6 heteroatoms. The zero-order chi connectivity index (χ0) is 25.5. The largest absolute Gasteiger partial charge is 0.331 e. The molecule has 0 spiro atoms. The molecule has 4 rings (SSSR count). The maximum atomic E-state index is 13.0. The summed E-state index contributed by atoms with van der Waals surface area (Å²) >= 11 is 0. The second kappa shape index (κ2) is 12.1. The molecule has 0 bridgehead atoms. The summed E-state index contributed by atoms with van der Waals surface area (Å²) in [7, 11) is 1.98. The molecule has 2 amide bonds. The normalized spacial score (nSPS) is 20.6. The van der Waals surface area contributed by atoms with E-state index in [0.29, 0.717) is 25.1 Å². The number of nitrogens with one attached hydrogen (secondary N) is 1. The molecule has 1 aromatic rings. The lowest BCUT2D eigenvalue weighted by molar-refractivity contribution is -0.146. The Kier molecular flexibility index (Phi) is 9.21. The molecule has 1 saturated carbocycles. The Hall–Kier alpha value is -2.99. The van der Waals surface area contributed by atoms with Gasteiger partial charge in [-0.25, -0.2) is 0 Å². The summed E-state index contributed by atoms with van der Waals surface area (Å²) in [5.41, 5.74) is 4.19. The van der Waals surface area contributed by atoms with Crippen molar-refractivity contribution in [2.75, 3.05) is 20.1 Å². The summed E-state index contributed by atoms with van der Waals surface area (Å²) in [5.74, 6) is 0.503. The van der Waals surface area contributed by atoms with Gasteiger partial charge in [0, 0.05) is 25.2 Å².